The molecule has 2 aromatic heterocycles. The predicted molar refractivity (Wildman–Crippen MR) is 71.8 cm³/mol. The second kappa shape index (κ2) is 7.74. The first-order chi connectivity index (χ1) is 9.20. The van der Waals surface area contributed by atoms with E-state index >= 15 is 0 Å². The third kappa shape index (κ3) is 4.12. The molecule has 0 atom stereocenters. The van der Waals surface area contributed by atoms with Crippen molar-refractivity contribution in [3.63, 3.8) is 0 Å². The minimum Gasteiger partial charge on any atom is -1.00 e. The number of halogens is 1. The molecule has 0 saturated carbocycles. The van der Waals surface area contributed by atoms with E-state index in [1.54, 1.807) is 42.2 Å². The molecule has 0 bridgehead atoms. The molecule has 106 valence electrons. The van der Waals surface area contributed by atoms with Crippen LogP contribution < -0.4 is 27.8 Å². The highest BCUT2D eigenvalue weighted by atomic mass is 35.5. The normalized spacial score (nSPS) is 9.65. The van der Waals surface area contributed by atoms with Gasteiger partial charge in [0.1, 0.15) is 5.56 Å². The van der Waals surface area contributed by atoms with E-state index < -0.39 is 0 Å². The number of pyridine rings is 1. The average molecular weight is 312 g/mol. The average Bonchev–Trinajstić information content (AvgIpc) is 2.93. The van der Waals surface area contributed by atoms with E-state index in [1.807, 2.05) is 11.4 Å². The zero-order chi connectivity index (χ0) is 13.7. The second-order valence-electron chi connectivity index (χ2n) is 3.87. The fraction of sp³-hybridized carbons (Fsp3) is 0.154. The number of amides is 1. The number of hydrazine groups is 1. The summed E-state index contributed by atoms with van der Waals surface area (Å²) in [5.74, 6) is -0.202. The minimum absolute atomic E-state index is 0. The SMILES string of the molecule is CNNC(=O)c1ccc[n+](CC(=O)c2cccs2)c1.[Cl-]. The van der Waals surface area contributed by atoms with Crippen LogP contribution in [0.5, 0.6) is 0 Å². The summed E-state index contributed by atoms with van der Waals surface area (Å²) in [6.45, 7) is 0.223. The maximum absolute atomic E-state index is 12.0. The smallest absolute Gasteiger partial charge is 0.271 e. The van der Waals surface area contributed by atoms with Crippen LogP contribution in [0.4, 0.5) is 0 Å². The van der Waals surface area contributed by atoms with Crippen LogP contribution in [0, 0.1) is 0 Å². The zero-order valence-electron chi connectivity index (χ0n) is 10.8. The molecule has 0 aromatic carbocycles. The Morgan fingerprint density at radius 1 is 1.30 bits per heavy atom. The van der Waals surface area contributed by atoms with Gasteiger partial charge in [0, 0.05) is 13.1 Å². The molecular formula is C13H14ClN3O2S. The summed E-state index contributed by atoms with van der Waals surface area (Å²) in [5, 5.41) is 1.87. The zero-order valence-corrected chi connectivity index (χ0v) is 12.4. The maximum Gasteiger partial charge on any atom is 0.271 e. The number of carbonyl (C=O) groups excluding carboxylic acids is 2. The number of nitrogens with zero attached hydrogens (tertiary/aromatic N) is 1. The standard InChI is InChI=1S/C13H13N3O2S.ClH/c1-14-15-13(18)10-4-2-6-16(8-10)9-11(17)12-5-3-7-19-12;/h2-8,14H,9H2,1H3;1H. The Kier molecular flexibility index (Phi) is 6.30. The topological polar surface area (TPSA) is 62.1 Å². The summed E-state index contributed by atoms with van der Waals surface area (Å²) in [6, 6.07) is 7.08. The summed E-state index contributed by atoms with van der Waals surface area (Å²) in [7, 11) is 1.62. The van der Waals surface area contributed by atoms with Crippen LogP contribution in [0.2, 0.25) is 0 Å². The van der Waals surface area contributed by atoms with Crippen molar-refractivity contribution in [1.29, 1.82) is 0 Å². The van der Waals surface area contributed by atoms with Crippen molar-refractivity contribution in [2.75, 3.05) is 7.05 Å². The fourth-order valence-electron chi connectivity index (χ4n) is 1.62. The molecule has 1 amide bonds. The number of rotatable bonds is 5. The van der Waals surface area contributed by atoms with Gasteiger partial charge in [0.15, 0.2) is 12.4 Å². The third-order valence-electron chi connectivity index (χ3n) is 2.48. The van der Waals surface area contributed by atoms with E-state index in [-0.39, 0.29) is 30.6 Å². The monoisotopic (exact) mass is 311 g/mol. The molecule has 0 aliphatic heterocycles. The van der Waals surface area contributed by atoms with Crippen LogP contribution in [0.15, 0.2) is 42.0 Å². The Hall–Kier alpha value is -1.76. The van der Waals surface area contributed by atoms with E-state index in [0.29, 0.717) is 5.56 Å². The van der Waals surface area contributed by atoms with Crippen molar-refractivity contribution in [2.24, 2.45) is 0 Å². The van der Waals surface area contributed by atoms with Gasteiger partial charge in [-0.2, -0.15) is 4.57 Å². The summed E-state index contributed by atoms with van der Waals surface area (Å²) in [6.07, 6.45) is 3.42. The van der Waals surface area contributed by atoms with Crippen LogP contribution in [-0.4, -0.2) is 18.7 Å². The molecule has 2 aromatic rings. The van der Waals surface area contributed by atoms with Gasteiger partial charge >= 0.3 is 0 Å². The van der Waals surface area contributed by atoms with Crippen LogP contribution in [0.3, 0.4) is 0 Å². The van der Waals surface area contributed by atoms with Crippen molar-refractivity contribution in [3.05, 3.63) is 52.5 Å². The lowest BCUT2D eigenvalue weighted by Crippen LogP contribution is -3.00. The van der Waals surface area contributed by atoms with Crippen molar-refractivity contribution < 1.29 is 26.6 Å². The first kappa shape index (κ1) is 16.3. The molecule has 0 radical (unpaired) electrons. The Bertz CT molecular complexity index is 587. The van der Waals surface area contributed by atoms with E-state index in [2.05, 4.69) is 10.9 Å². The molecular weight excluding hydrogens is 298 g/mol. The first-order valence-electron chi connectivity index (χ1n) is 5.73. The third-order valence-corrected chi connectivity index (χ3v) is 3.39. The van der Waals surface area contributed by atoms with Crippen LogP contribution in [0.1, 0.15) is 20.0 Å². The van der Waals surface area contributed by atoms with Gasteiger partial charge in [0.2, 0.25) is 12.3 Å². The molecule has 2 N–H and O–H groups in total. The lowest BCUT2D eigenvalue weighted by Gasteiger charge is -2.01. The highest BCUT2D eigenvalue weighted by molar-refractivity contribution is 7.12. The van der Waals surface area contributed by atoms with Gasteiger partial charge in [-0.25, -0.2) is 5.43 Å². The molecule has 0 unspecified atom stereocenters. The number of hydrogen-bond donors (Lipinski definition) is 2. The van der Waals surface area contributed by atoms with Gasteiger partial charge in [-0.1, -0.05) is 6.07 Å². The molecule has 7 heteroatoms. The summed E-state index contributed by atoms with van der Waals surface area (Å²) in [5.41, 5.74) is 5.56. The van der Waals surface area contributed by atoms with Crippen molar-refractivity contribution in [3.8, 4) is 0 Å². The minimum atomic E-state index is -0.236. The maximum atomic E-state index is 12.0. The van der Waals surface area contributed by atoms with Gasteiger partial charge in [-0.3, -0.25) is 15.0 Å². The molecule has 0 spiro atoms. The van der Waals surface area contributed by atoms with Gasteiger partial charge in [0.25, 0.3) is 5.91 Å². The first-order valence-corrected chi connectivity index (χ1v) is 6.61. The highest BCUT2D eigenvalue weighted by Gasteiger charge is 2.15. The Balaban J connectivity index is 0.00000200. The largest absolute Gasteiger partial charge is 1.00 e. The Morgan fingerprint density at radius 2 is 2.10 bits per heavy atom. The Labute approximate surface area is 127 Å². The van der Waals surface area contributed by atoms with Gasteiger partial charge in [-0.15, -0.1) is 11.3 Å². The van der Waals surface area contributed by atoms with Crippen molar-refractivity contribution in [2.45, 2.75) is 6.54 Å². The van der Waals surface area contributed by atoms with Gasteiger partial charge < -0.3 is 12.4 Å². The molecule has 2 heterocycles. The number of hydrogen-bond acceptors (Lipinski definition) is 4. The number of nitrogens with one attached hydrogen (secondary N) is 2. The second-order valence-corrected chi connectivity index (χ2v) is 4.82. The van der Waals surface area contributed by atoms with Gasteiger partial charge in [0.05, 0.1) is 4.88 Å². The molecule has 0 aliphatic carbocycles. The summed E-state index contributed by atoms with van der Waals surface area (Å²) in [4.78, 5) is 24.3. The van der Waals surface area contributed by atoms with E-state index in [9.17, 15) is 9.59 Å². The number of ketones is 1. The van der Waals surface area contributed by atoms with Crippen LogP contribution in [0.25, 0.3) is 0 Å². The quantitative estimate of drug-likeness (QED) is 0.374. The number of aromatic nitrogens is 1. The molecule has 0 fully saturated rings. The summed E-state index contributed by atoms with van der Waals surface area (Å²) < 4.78 is 1.70. The Morgan fingerprint density at radius 3 is 2.75 bits per heavy atom. The van der Waals surface area contributed by atoms with Crippen molar-refractivity contribution >= 4 is 23.0 Å². The lowest BCUT2D eigenvalue weighted by atomic mass is 10.2. The van der Waals surface area contributed by atoms with E-state index in [0.717, 1.165) is 4.88 Å². The van der Waals surface area contributed by atoms with Crippen molar-refractivity contribution in [1.82, 2.24) is 10.9 Å². The van der Waals surface area contributed by atoms with Gasteiger partial charge in [-0.05, 0) is 17.5 Å². The lowest BCUT2D eigenvalue weighted by molar-refractivity contribution is -0.683. The van der Waals surface area contributed by atoms with Crippen LogP contribution >= 0.6 is 11.3 Å². The predicted octanol–water partition coefficient (Wildman–Crippen LogP) is -2.21. The molecule has 0 aliphatic rings. The molecule has 2 rings (SSSR count). The molecule has 20 heavy (non-hydrogen) atoms. The highest BCUT2D eigenvalue weighted by Crippen LogP contribution is 2.09. The summed E-state index contributed by atoms with van der Waals surface area (Å²) >= 11 is 1.42. The van der Waals surface area contributed by atoms with E-state index in [4.69, 9.17) is 0 Å². The van der Waals surface area contributed by atoms with E-state index in [1.165, 1.54) is 11.3 Å². The van der Waals surface area contributed by atoms with Crippen LogP contribution in [-0.2, 0) is 6.54 Å². The number of thiophene rings is 1. The fourth-order valence-corrected chi connectivity index (χ4v) is 2.28. The number of Topliss-reactive ketones (excluding diaryl/α,β-unsaturated/α-hetero) is 1. The molecule has 5 nitrogen and oxygen atoms in total. The molecule has 0 saturated heterocycles. The number of carbonyl (C=O) groups is 2.